The number of rotatable bonds is 6. The fraction of sp³-hybridized carbons (Fsp3) is 0.292. The molecule has 0 aliphatic carbocycles. The van der Waals surface area contributed by atoms with Crippen molar-refractivity contribution in [2.75, 3.05) is 18.4 Å². The van der Waals surface area contributed by atoms with Crippen LogP contribution in [0.3, 0.4) is 0 Å². The first kappa shape index (κ1) is 22.5. The molecule has 10 heteroatoms. The minimum absolute atomic E-state index is 0.00735. The smallest absolute Gasteiger partial charge is 0.338 e. The molecule has 0 atom stereocenters. The average molecular weight is 486 g/mol. The zero-order valence-corrected chi connectivity index (χ0v) is 19.0. The highest BCUT2D eigenvalue weighted by Gasteiger charge is 2.35. The molecule has 4 aromatic rings. The van der Waals surface area contributed by atoms with Gasteiger partial charge in [0.15, 0.2) is 5.13 Å². The summed E-state index contributed by atoms with van der Waals surface area (Å²) < 4.78 is 42.0. The minimum atomic E-state index is -4.52. The molecule has 0 unspecified atom stereocenters. The average Bonchev–Trinajstić information content (AvgIpc) is 3.55. The molecule has 0 radical (unpaired) electrons. The number of para-hydroxylation sites is 1. The van der Waals surface area contributed by atoms with Crippen molar-refractivity contribution in [1.29, 1.82) is 0 Å². The van der Waals surface area contributed by atoms with Crippen molar-refractivity contribution >= 4 is 33.4 Å². The van der Waals surface area contributed by atoms with Crippen LogP contribution in [-0.4, -0.2) is 38.8 Å². The van der Waals surface area contributed by atoms with Gasteiger partial charge in [-0.2, -0.15) is 13.2 Å². The van der Waals surface area contributed by atoms with Crippen LogP contribution in [0.5, 0.6) is 0 Å². The summed E-state index contributed by atoms with van der Waals surface area (Å²) in [5, 5.41) is 4.96. The molecule has 2 N–H and O–H groups in total. The molecule has 0 spiro atoms. The Bertz CT molecular complexity index is 1310. The minimum Gasteiger partial charge on any atom is -0.338 e. The number of nitrogens with zero attached hydrogens (tertiary/aromatic N) is 3. The molecule has 1 aliphatic heterocycles. The number of benzene rings is 2. The SMILES string of the molecule is O=C(Cc1cccc2[nH]c(-c3ccc(CN4CCCC4)cc3C(F)(F)F)nc12)Nc1nccs1. The molecule has 34 heavy (non-hydrogen) atoms. The molecule has 1 aliphatic rings. The number of aromatic amines is 1. The molecule has 176 valence electrons. The van der Waals surface area contributed by atoms with Crippen LogP contribution >= 0.6 is 11.3 Å². The third-order valence-electron chi connectivity index (χ3n) is 5.88. The van der Waals surface area contributed by atoms with Crippen LogP contribution in [0.4, 0.5) is 18.3 Å². The molecule has 2 aromatic carbocycles. The zero-order chi connectivity index (χ0) is 23.7. The van der Waals surface area contributed by atoms with Gasteiger partial charge in [-0.3, -0.25) is 9.69 Å². The number of alkyl halides is 3. The summed E-state index contributed by atoms with van der Waals surface area (Å²) in [6, 6.07) is 9.68. The van der Waals surface area contributed by atoms with Crippen LogP contribution < -0.4 is 5.32 Å². The first-order valence-electron chi connectivity index (χ1n) is 11.0. The molecule has 5 rings (SSSR count). The van der Waals surface area contributed by atoms with Gasteiger partial charge in [-0.1, -0.05) is 24.3 Å². The number of hydrogen-bond donors (Lipinski definition) is 2. The Labute approximate surface area is 197 Å². The van der Waals surface area contributed by atoms with E-state index >= 15 is 0 Å². The topological polar surface area (TPSA) is 73.9 Å². The summed E-state index contributed by atoms with van der Waals surface area (Å²) in [5.74, 6) is -0.142. The second-order valence-electron chi connectivity index (χ2n) is 8.32. The number of H-pyrrole nitrogens is 1. The Morgan fingerprint density at radius 1 is 1.18 bits per heavy atom. The lowest BCUT2D eigenvalue weighted by atomic mass is 10.0. The Kier molecular flexibility index (Phi) is 6.09. The standard InChI is InChI=1S/C24H22F3N5OS/c25-24(26,27)18-12-15(14-32-9-1-2-10-32)6-7-17(18)22-29-19-5-3-4-16(21(19)31-22)13-20(33)30-23-28-8-11-34-23/h3-8,11-12H,1-2,9-10,13-14H2,(H,29,31)(H,28,30,33). The van der Waals surface area contributed by atoms with E-state index < -0.39 is 11.7 Å². The third-order valence-corrected chi connectivity index (χ3v) is 6.56. The van der Waals surface area contributed by atoms with Crippen LogP contribution in [0.15, 0.2) is 48.0 Å². The van der Waals surface area contributed by atoms with E-state index in [1.165, 1.54) is 23.5 Å². The largest absolute Gasteiger partial charge is 0.417 e. The molecule has 3 heterocycles. The quantitative estimate of drug-likeness (QED) is 0.379. The van der Waals surface area contributed by atoms with E-state index in [-0.39, 0.29) is 23.7 Å². The van der Waals surface area contributed by atoms with Crippen LogP contribution in [0.25, 0.3) is 22.4 Å². The molecule has 1 fully saturated rings. The molecular weight excluding hydrogens is 463 g/mol. The molecule has 1 amide bonds. The lowest BCUT2D eigenvalue weighted by molar-refractivity contribution is -0.137. The first-order chi connectivity index (χ1) is 16.4. The summed E-state index contributed by atoms with van der Waals surface area (Å²) in [4.78, 5) is 26.1. The van der Waals surface area contributed by atoms with E-state index in [0.29, 0.717) is 33.8 Å². The molecule has 1 saturated heterocycles. The number of carbonyl (C=O) groups is 1. The molecular formula is C24H22F3N5OS. The molecule has 0 saturated carbocycles. The summed E-state index contributed by atoms with van der Waals surface area (Å²) in [6.07, 6.45) is -0.746. The first-order valence-corrected chi connectivity index (χ1v) is 11.8. The van der Waals surface area contributed by atoms with Gasteiger partial charge in [0.2, 0.25) is 5.91 Å². The lowest BCUT2D eigenvalue weighted by Gasteiger charge is -2.17. The highest BCUT2D eigenvalue weighted by atomic mass is 32.1. The number of hydrogen-bond acceptors (Lipinski definition) is 5. The highest BCUT2D eigenvalue weighted by Crippen LogP contribution is 2.38. The summed E-state index contributed by atoms with van der Waals surface area (Å²) in [7, 11) is 0. The van der Waals surface area contributed by atoms with E-state index in [9.17, 15) is 18.0 Å². The van der Waals surface area contributed by atoms with Crippen molar-refractivity contribution < 1.29 is 18.0 Å². The Balaban J connectivity index is 1.46. The van der Waals surface area contributed by atoms with Crippen LogP contribution in [0, 0.1) is 0 Å². The lowest BCUT2D eigenvalue weighted by Crippen LogP contribution is -2.19. The predicted molar refractivity (Wildman–Crippen MR) is 125 cm³/mol. The molecule has 2 aromatic heterocycles. The molecule has 6 nitrogen and oxygen atoms in total. The van der Waals surface area contributed by atoms with Crippen molar-refractivity contribution in [2.45, 2.75) is 32.0 Å². The summed E-state index contributed by atoms with van der Waals surface area (Å²) >= 11 is 1.31. The second-order valence-corrected chi connectivity index (χ2v) is 9.22. The Hall–Kier alpha value is -3.24. The number of anilines is 1. The fourth-order valence-electron chi connectivity index (χ4n) is 4.31. The van der Waals surface area contributed by atoms with E-state index in [0.717, 1.165) is 25.9 Å². The number of carbonyl (C=O) groups excluding carboxylic acids is 1. The van der Waals surface area contributed by atoms with E-state index in [4.69, 9.17) is 0 Å². The number of halogens is 3. The van der Waals surface area contributed by atoms with Gasteiger partial charge in [0, 0.05) is 23.7 Å². The number of amides is 1. The third kappa shape index (κ3) is 4.83. The van der Waals surface area contributed by atoms with Crippen molar-refractivity contribution in [3.8, 4) is 11.4 Å². The van der Waals surface area contributed by atoms with E-state index in [1.54, 1.807) is 35.8 Å². The van der Waals surface area contributed by atoms with Gasteiger partial charge in [-0.25, -0.2) is 9.97 Å². The van der Waals surface area contributed by atoms with Crippen molar-refractivity contribution in [3.05, 3.63) is 64.7 Å². The normalized spacial score (nSPS) is 14.7. The highest BCUT2D eigenvalue weighted by molar-refractivity contribution is 7.13. The molecule has 0 bridgehead atoms. The number of aromatic nitrogens is 3. The number of thiazole rings is 1. The Morgan fingerprint density at radius 2 is 2.00 bits per heavy atom. The van der Waals surface area contributed by atoms with Gasteiger partial charge >= 0.3 is 6.18 Å². The van der Waals surface area contributed by atoms with Gasteiger partial charge in [-0.05, 0) is 49.2 Å². The van der Waals surface area contributed by atoms with Crippen molar-refractivity contribution in [2.24, 2.45) is 0 Å². The number of likely N-dealkylation sites (tertiary alicyclic amines) is 1. The van der Waals surface area contributed by atoms with E-state index in [1.807, 2.05) is 0 Å². The van der Waals surface area contributed by atoms with Gasteiger partial charge in [0.05, 0.1) is 23.0 Å². The number of nitrogens with one attached hydrogen (secondary N) is 2. The summed E-state index contributed by atoms with van der Waals surface area (Å²) in [5.41, 5.74) is 1.57. The van der Waals surface area contributed by atoms with Crippen LogP contribution in [-0.2, 0) is 23.9 Å². The van der Waals surface area contributed by atoms with Gasteiger partial charge < -0.3 is 10.3 Å². The predicted octanol–water partition coefficient (Wildman–Crippen LogP) is 5.48. The number of imidazole rings is 1. The summed E-state index contributed by atoms with van der Waals surface area (Å²) in [6.45, 7) is 2.32. The van der Waals surface area contributed by atoms with Gasteiger partial charge in [-0.15, -0.1) is 11.3 Å². The van der Waals surface area contributed by atoms with E-state index in [2.05, 4.69) is 25.2 Å². The van der Waals surface area contributed by atoms with Crippen LogP contribution in [0.2, 0.25) is 0 Å². The van der Waals surface area contributed by atoms with Crippen molar-refractivity contribution in [1.82, 2.24) is 19.9 Å². The Morgan fingerprint density at radius 3 is 2.74 bits per heavy atom. The number of fused-ring (bicyclic) bond motifs is 1. The van der Waals surface area contributed by atoms with Gasteiger partial charge in [0.1, 0.15) is 5.82 Å². The zero-order valence-electron chi connectivity index (χ0n) is 18.2. The maximum Gasteiger partial charge on any atom is 0.417 e. The monoisotopic (exact) mass is 485 g/mol. The van der Waals surface area contributed by atoms with Gasteiger partial charge in [0.25, 0.3) is 0 Å². The van der Waals surface area contributed by atoms with Crippen LogP contribution in [0.1, 0.15) is 29.5 Å². The maximum atomic E-state index is 14.0. The fourth-order valence-corrected chi connectivity index (χ4v) is 4.86. The second kappa shape index (κ2) is 9.19. The van der Waals surface area contributed by atoms with Crippen molar-refractivity contribution in [3.63, 3.8) is 0 Å². The maximum absolute atomic E-state index is 14.0.